The monoisotopic (exact) mass is 275 g/mol. The standard InChI is InChI=1S/C14H18FN5/c1-14(6-2-3-7-14)9-20-13(17-18-19-20)10-4-5-12(16)11(15)8-10/h4-5,8H,2-3,6-7,9,16H2,1H3. The summed E-state index contributed by atoms with van der Waals surface area (Å²) in [5.41, 5.74) is 6.52. The summed E-state index contributed by atoms with van der Waals surface area (Å²) in [4.78, 5) is 0. The van der Waals surface area contributed by atoms with Gasteiger partial charge in [0.2, 0.25) is 0 Å². The van der Waals surface area contributed by atoms with Gasteiger partial charge in [-0.2, -0.15) is 0 Å². The maximum Gasteiger partial charge on any atom is 0.182 e. The molecule has 5 nitrogen and oxygen atoms in total. The molecule has 6 heteroatoms. The van der Waals surface area contributed by atoms with Crippen molar-refractivity contribution in [2.45, 2.75) is 39.2 Å². The lowest BCUT2D eigenvalue weighted by atomic mass is 9.89. The summed E-state index contributed by atoms with van der Waals surface area (Å²) in [5.74, 6) is 0.154. The maximum atomic E-state index is 13.6. The van der Waals surface area contributed by atoms with Gasteiger partial charge in [0.1, 0.15) is 5.82 Å². The Morgan fingerprint density at radius 3 is 2.80 bits per heavy atom. The molecule has 2 aromatic rings. The first-order valence-electron chi connectivity index (χ1n) is 6.89. The molecule has 0 radical (unpaired) electrons. The summed E-state index contributed by atoms with van der Waals surface area (Å²) in [6.45, 7) is 3.02. The van der Waals surface area contributed by atoms with E-state index in [1.54, 1.807) is 16.8 Å². The molecule has 106 valence electrons. The van der Waals surface area contributed by atoms with Crippen LogP contribution in [0, 0.1) is 11.2 Å². The lowest BCUT2D eigenvalue weighted by Crippen LogP contribution is -2.21. The first-order valence-corrected chi connectivity index (χ1v) is 6.89. The summed E-state index contributed by atoms with van der Waals surface area (Å²) in [6.07, 6.45) is 4.87. The summed E-state index contributed by atoms with van der Waals surface area (Å²) in [6, 6.07) is 4.67. The first-order chi connectivity index (χ1) is 9.57. The molecule has 1 aliphatic carbocycles. The molecular weight excluding hydrogens is 257 g/mol. The number of tetrazole rings is 1. The van der Waals surface area contributed by atoms with Gasteiger partial charge in [-0.15, -0.1) is 5.10 Å². The molecule has 1 fully saturated rings. The summed E-state index contributed by atoms with van der Waals surface area (Å²) in [7, 11) is 0. The zero-order valence-electron chi connectivity index (χ0n) is 11.5. The molecule has 0 saturated heterocycles. The second-order valence-corrected chi connectivity index (χ2v) is 5.91. The maximum absolute atomic E-state index is 13.6. The molecule has 2 N–H and O–H groups in total. The summed E-state index contributed by atoms with van der Waals surface area (Å²) in [5, 5.41) is 11.8. The van der Waals surface area contributed by atoms with Crippen molar-refractivity contribution in [1.29, 1.82) is 0 Å². The van der Waals surface area contributed by atoms with Crippen molar-refractivity contribution in [3.05, 3.63) is 24.0 Å². The van der Waals surface area contributed by atoms with Crippen molar-refractivity contribution in [2.75, 3.05) is 5.73 Å². The van der Waals surface area contributed by atoms with Crippen LogP contribution in [-0.4, -0.2) is 20.2 Å². The molecule has 1 aromatic carbocycles. The topological polar surface area (TPSA) is 69.6 Å². The number of benzene rings is 1. The zero-order chi connectivity index (χ0) is 14.2. The fraction of sp³-hybridized carbons (Fsp3) is 0.500. The quantitative estimate of drug-likeness (QED) is 0.874. The highest BCUT2D eigenvalue weighted by Gasteiger charge is 2.30. The highest BCUT2D eigenvalue weighted by atomic mass is 19.1. The van der Waals surface area contributed by atoms with Crippen LogP contribution in [0.3, 0.4) is 0 Å². The fourth-order valence-corrected chi connectivity index (χ4v) is 2.93. The number of anilines is 1. The Kier molecular flexibility index (Phi) is 3.16. The van der Waals surface area contributed by atoms with Crippen LogP contribution < -0.4 is 5.73 Å². The molecule has 1 aliphatic rings. The predicted octanol–water partition coefficient (Wildman–Crippen LogP) is 2.64. The minimum Gasteiger partial charge on any atom is -0.396 e. The van der Waals surface area contributed by atoms with Crippen LogP contribution >= 0.6 is 0 Å². The number of halogens is 1. The molecule has 1 aromatic heterocycles. The SMILES string of the molecule is CC1(Cn2nnnc2-c2ccc(N)c(F)c2)CCCC1. The van der Waals surface area contributed by atoms with Crippen LogP contribution in [-0.2, 0) is 6.54 Å². The fourth-order valence-electron chi connectivity index (χ4n) is 2.93. The van der Waals surface area contributed by atoms with E-state index in [1.807, 2.05) is 0 Å². The first kappa shape index (κ1) is 13.0. The van der Waals surface area contributed by atoms with E-state index in [4.69, 9.17) is 5.73 Å². The highest BCUT2D eigenvalue weighted by molar-refractivity contribution is 5.59. The second-order valence-electron chi connectivity index (χ2n) is 5.91. The van der Waals surface area contributed by atoms with Crippen LogP contribution in [0.2, 0.25) is 0 Å². The molecule has 0 atom stereocenters. The third-order valence-electron chi connectivity index (χ3n) is 4.13. The summed E-state index contributed by atoms with van der Waals surface area (Å²) >= 11 is 0. The van der Waals surface area contributed by atoms with Crippen LogP contribution in [0.25, 0.3) is 11.4 Å². The van der Waals surface area contributed by atoms with E-state index in [0.717, 1.165) is 6.54 Å². The van der Waals surface area contributed by atoms with Crippen LogP contribution in [0.1, 0.15) is 32.6 Å². The summed E-state index contributed by atoms with van der Waals surface area (Å²) < 4.78 is 15.4. The van der Waals surface area contributed by atoms with Crippen LogP contribution in [0.5, 0.6) is 0 Å². The van der Waals surface area contributed by atoms with Gasteiger partial charge >= 0.3 is 0 Å². The lowest BCUT2D eigenvalue weighted by Gasteiger charge is -2.23. The molecule has 0 spiro atoms. The van der Waals surface area contributed by atoms with E-state index in [-0.39, 0.29) is 11.1 Å². The van der Waals surface area contributed by atoms with Gasteiger partial charge in [0.25, 0.3) is 0 Å². The van der Waals surface area contributed by atoms with E-state index in [1.165, 1.54) is 31.7 Å². The molecule has 20 heavy (non-hydrogen) atoms. The van der Waals surface area contributed by atoms with Crippen molar-refractivity contribution in [3.63, 3.8) is 0 Å². The van der Waals surface area contributed by atoms with Gasteiger partial charge in [0.05, 0.1) is 12.2 Å². The molecular formula is C14H18FN5. The largest absolute Gasteiger partial charge is 0.396 e. The van der Waals surface area contributed by atoms with E-state index in [2.05, 4.69) is 22.4 Å². The van der Waals surface area contributed by atoms with Crippen LogP contribution in [0.4, 0.5) is 10.1 Å². The minimum absolute atomic E-state index is 0.135. The molecule has 1 heterocycles. The molecule has 0 aliphatic heterocycles. The van der Waals surface area contributed by atoms with Crippen LogP contribution in [0.15, 0.2) is 18.2 Å². The number of nitrogen functional groups attached to an aromatic ring is 1. The zero-order valence-corrected chi connectivity index (χ0v) is 11.5. The normalized spacial score (nSPS) is 17.5. The van der Waals surface area contributed by atoms with Crippen molar-refractivity contribution < 1.29 is 4.39 Å². The van der Waals surface area contributed by atoms with Crippen molar-refractivity contribution in [3.8, 4) is 11.4 Å². The van der Waals surface area contributed by atoms with Gasteiger partial charge < -0.3 is 5.73 Å². The van der Waals surface area contributed by atoms with Crippen molar-refractivity contribution in [2.24, 2.45) is 5.41 Å². The molecule has 3 rings (SSSR count). The average Bonchev–Trinajstić information content (AvgIpc) is 3.03. The Hall–Kier alpha value is -1.98. The van der Waals surface area contributed by atoms with E-state index < -0.39 is 5.82 Å². The molecule has 1 saturated carbocycles. The Labute approximate surface area is 117 Å². The van der Waals surface area contributed by atoms with E-state index in [0.29, 0.717) is 11.4 Å². The van der Waals surface area contributed by atoms with E-state index in [9.17, 15) is 4.39 Å². The lowest BCUT2D eigenvalue weighted by molar-refractivity contribution is 0.267. The number of hydrogen-bond acceptors (Lipinski definition) is 4. The Balaban J connectivity index is 1.91. The van der Waals surface area contributed by atoms with Gasteiger partial charge in [0.15, 0.2) is 5.82 Å². The minimum atomic E-state index is -0.441. The van der Waals surface area contributed by atoms with Gasteiger partial charge in [-0.05, 0) is 46.9 Å². The number of nitrogens with zero attached hydrogens (tertiary/aromatic N) is 4. The number of aromatic nitrogens is 4. The van der Waals surface area contributed by atoms with E-state index >= 15 is 0 Å². The van der Waals surface area contributed by atoms with Crippen molar-refractivity contribution >= 4 is 5.69 Å². The Bertz CT molecular complexity index is 616. The third kappa shape index (κ3) is 2.37. The number of rotatable bonds is 3. The Morgan fingerprint density at radius 1 is 1.35 bits per heavy atom. The van der Waals surface area contributed by atoms with Crippen molar-refractivity contribution in [1.82, 2.24) is 20.2 Å². The molecule has 0 bridgehead atoms. The number of hydrogen-bond donors (Lipinski definition) is 1. The van der Waals surface area contributed by atoms with Gasteiger partial charge in [0, 0.05) is 5.56 Å². The van der Waals surface area contributed by atoms with Gasteiger partial charge in [-0.1, -0.05) is 19.8 Å². The average molecular weight is 275 g/mol. The molecule has 0 amide bonds. The smallest absolute Gasteiger partial charge is 0.182 e. The Morgan fingerprint density at radius 2 is 2.10 bits per heavy atom. The highest BCUT2D eigenvalue weighted by Crippen LogP contribution is 2.39. The molecule has 0 unspecified atom stereocenters. The van der Waals surface area contributed by atoms with Gasteiger partial charge in [-0.25, -0.2) is 9.07 Å². The number of nitrogens with two attached hydrogens (primary N) is 1. The third-order valence-corrected chi connectivity index (χ3v) is 4.13. The predicted molar refractivity (Wildman–Crippen MR) is 74.2 cm³/mol. The van der Waals surface area contributed by atoms with Gasteiger partial charge in [-0.3, -0.25) is 0 Å². The second kappa shape index (κ2) is 4.85.